The zero-order valence-electron chi connectivity index (χ0n) is 6.41. The first kappa shape index (κ1) is 8.56. The average molecular weight is 169 g/mol. The van der Waals surface area contributed by atoms with Crippen LogP contribution in [-0.2, 0) is 12.4 Å². The monoisotopic (exact) mass is 169 g/mol. The molecule has 0 unspecified atom stereocenters. The fraction of sp³-hybridized carbons (Fsp3) is 0.375. The maximum Gasteiger partial charge on any atom is 0.0699 e. The number of pyridine rings is 1. The molecule has 11 heavy (non-hydrogen) atoms. The Bertz CT molecular complexity index is 250. The molecule has 1 N–H and O–H groups in total. The van der Waals surface area contributed by atoms with Crippen LogP contribution in [0.4, 0.5) is 0 Å². The molecule has 2 nitrogen and oxygen atoms in total. The van der Waals surface area contributed by atoms with E-state index in [9.17, 15) is 0 Å². The number of aryl methyl sites for hydroxylation is 1. The third-order valence-electron chi connectivity index (χ3n) is 1.60. The van der Waals surface area contributed by atoms with Gasteiger partial charge in [-0.15, -0.1) is 0 Å². The van der Waals surface area contributed by atoms with Gasteiger partial charge in [0, 0.05) is 17.6 Å². The lowest BCUT2D eigenvalue weighted by atomic mass is 10.2. The molecule has 0 aliphatic rings. The van der Waals surface area contributed by atoms with Crippen LogP contribution in [0.5, 0.6) is 0 Å². The number of nitrogens with zero attached hydrogens (tertiary/aromatic N) is 1. The van der Waals surface area contributed by atoms with Crippen LogP contribution in [0.1, 0.15) is 16.8 Å². The van der Waals surface area contributed by atoms with Gasteiger partial charge < -0.3 is 5.11 Å². The summed E-state index contributed by atoms with van der Waals surface area (Å²) in [6, 6.07) is 1.93. The molecule has 0 fully saturated rings. The Balaban J connectivity index is 3.02. The van der Waals surface area contributed by atoms with E-state index >= 15 is 0 Å². The fourth-order valence-corrected chi connectivity index (χ4v) is 1.05. The van der Waals surface area contributed by atoms with Crippen molar-refractivity contribution in [2.75, 3.05) is 0 Å². The van der Waals surface area contributed by atoms with Crippen LogP contribution in [-0.4, -0.2) is 10.1 Å². The second kappa shape index (κ2) is 3.74. The largest absolute Gasteiger partial charge is 0.392 e. The standard InChI is InChI=1S/C8H11NOS/c1-6-8(4-10)2-7(5-11)3-9-6/h2-3,10-11H,4-5H2,1H3. The zero-order valence-corrected chi connectivity index (χ0v) is 7.30. The van der Waals surface area contributed by atoms with E-state index in [1.165, 1.54) is 0 Å². The zero-order chi connectivity index (χ0) is 8.27. The van der Waals surface area contributed by atoms with E-state index in [0.717, 1.165) is 16.8 Å². The Labute approximate surface area is 71.7 Å². The summed E-state index contributed by atoms with van der Waals surface area (Å²) in [5.74, 6) is 0.667. The Hall–Kier alpha value is -0.540. The van der Waals surface area contributed by atoms with Crippen molar-refractivity contribution in [1.82, 2.24) is 4.98 Å². The van der Waals surface area contributed by atoms with Crippen molar-refractivity contribution in [2.45, 2.75) is 19.3 Å². The second-order valence-corrected chi connectivity index (χ2v) is 2.72. The summed E-state index contributed by atoms with van der Waals surface area (Å²) in [6.07, 6.45) is 1.78. The number of thiol groups is 1. The maximum absolute atomic E-state index is 8.87. The van der Waals surface area contributed by atoms with Crippen molar-refractivity contribution in [1.29, 1.82) is 0 Å². The highest BCUT2D eigenvalue weighted by Gasteiger charge is 1.98. The molecule has 1 heterocycles. The van der Waals surface area contributed by atoms with E-state index in [4.69, 9.17) is 5.11 Å². The van der Waals surface area contributed by atoms with Crippen molar-refractivity contribution >= 4 is 12.6 Å². The highest BCUT2D eigenvalue weighted by Crippen LogP contribution is 2.09. The lowest BCUT2D eigenvalue weighted by Crippen LogP contribution is -1.93. The van der Waals surface area contributed by atoms with Gasteiger partial charge in [-0.05, 0) is 24.1 Å². The fourth-order valence-electron chi connectivity index (χ4n) is 0.875. The van der Waals surface area contributed by atoms with Gasteiger partial charge in [0.15, 0.2) is 0 Å². The predicted molar refractivity (Wildman–Crippen MR) is 47.6 cm³/mol. The number of aliphatic hydroxyl groups is 1. The van der Waals surface area contributed by atoms with E-state index in [1.54, 1.807) is 6.20 Å². The summed E-state index contributed by atoms with van der Waals surface area (Å²) in [6.45, 7) is 1.94. The van der Waals surface area contributed by atoms with Gasteiger partial charge in [-0.1, -0.05) is 0 Å². The van der Waals surface area contributed by atoms with Crippen molar-refractivity contribution in [3.05, 3.63) is 29.1 Å². The Morgan fingerprint density at radius 3 is 2.91 bits per heavy atom. The van der Waals surface area contributed by atoms with Crippen LogP contribution in [0, 0.1) is 6.92 Å². The first-order valence-corrected chi connectivity index (χ1v) is 4.07. The normalized spacial score (nSPS) is 10.1. The molecule has 0 aliphatic carbocycles. The number of aromatic nitrogens is 1. The molecule has 0 radical (unpaired) electrons. The summed E-state index contributed by atoms with van der Waals surface area (Å²) >= 11 is 4.11. The molecular formula is C8H11NOS. The van der Waals surface area contributed by atoms with E-state index in [-0.39, 0.29) is 6.61 Å². The minimum Gasteiger partial charge on any atom is -0.392 e. The Kier molecular flexibility index (Phi) is 2.91. The molecule has 0 amide bonds. The number of hydrogen-bond acceptors (Lipinski definition) is 3. The van der Waals surface area contributed by atoms with E-state index < -0.39 is 0 Å². The molecule has 0 spiro atoms. The molecule has 0 aromatic carbocycles. The molecule has 0 bridgehead atoms. The third-order valence-corrected chi connectivity index (χ3v) is 1.97. The smallest absolute Gasteiger partial charge is 0.0699 e. The van der Waals surface area contributed by atoms with Gasteiger partial charge in [-0.3, -0.25) is 4.98 Å². The predicted octanol–water partition coefficient (Wildman–Crippen LogP) is 1.31. The number of rotatable bonds is 2. The van der Waals surface area contributed by atoms with Crippen LogP contribution < -0.4 is 0 Å². The van der Waals surface area contributed by atoms with Crippen LogP contribution in [0.25, 0.3) is 0 Å². The summed E-state index contributed by atoms with van der Waals surface area (Å²) < 4.78 is 0. The molecule has 60 valence electrons. The molecule has 3 heteroatoms. The number of aliphatic hydroxyl groups excluding tert-OH is 1. The lowest BCUT2D eigenvalue weighted by molar-refractivity contribution is 0.280. The lowest BCUT2D eigenvalue weighted by Gasteiger charge is -2.02. The Morgan fingerprint density at radius 1 is 1.64 bits per heavy atom. The average Bonchev–Trinajstić information content (AvgIpc) is 2.05. The van der Waals surface area contributed by atoms with Gasteiger partial charge in [-0.25, -0.2) is 0 Å². The van der Waals surface area contributed by atoms with Crippen molar-refractivity contribution < 1.29 is 5.11 Å². The van der Waals surface area contributed by atoms with Gasteiger partial charge in [0.1, 0.15) is 0 Å². The minimum absolute atomic E-state index is 0.0560. The van der Waals surface area contributed by atoms with Crippen LogP contribution in [0.2, 0.25) is 0 Å². The highest BCUT2D eigenvalue weighted by molar-refractivity contribution is 7.79. The number of hydrogen-bond donors (Lipinski definition) is 2. The van der Waals surface area contributed by atoms with E-state index in [0.29, 0.717) is 5.75 Å². The first-order valence-electron chi connectivity index (χ1n) is 3.44. The van der Waals surface area contributed by atoms with Gasteiger partial charge in [0.25, 0.3) is 0 Å². The SMILES string of the molecule is Cc1ncc(CS)cc1CO. The van der Waals surface area contributed by atoms with Gasteiger partial charge in [-0.2, -0.15) is 12.6 Å². The van der Waals surface area contributed by atoms with Gasteiger partial charge in [0.05, 0.1) is 6.61 Å². The van der Waals surface area contributed by atoms with Gasteiger partial charge >= 0.3 is 0 Å². The Morgan fingerprint density at radius 2 is 2.36 bits per heavy atom. The second-order valence-electron chi connectivity index (χ2n) is 2.40. The molecular weight excluding hydrogens is 158 g/mol. The topological polar surface area (TPSA) is 33.1 Å². The molecule has 1 aromatic rings. The molecule has 0 saturated heterocycles. The molecule has 0 saturated carbocycles. The van der Waals surface area contributed by atoms with Crippen molar-refractivity contribution in [3.8, 4) is 0 Å². The van der Waals surface area contributed by atoms with Crippen molar-refractivity contribution in [2.24, 2.45) is 0 Å². The van der Waals surface area contributed by atoms with E-state index in [2.05, 4.69) is 17.6 Å². The van der Waals surface area contributed by atoms with Crippen LogP contribution >= 0.6 is 12.6 Å². The summed E-state index contributed by atoms with van der Waals surface area (Å²) in [5.41, 5.74) is 2.82. The summed E-state index contributed by atoms with van der Waals surface area (Å²) in [4.78, 5) is 4.11. The summed E-state index contributed by atoms with van der Waals surface area (Å²) in [5, 5.41) is 8.87. The molecule has 0 aliphatic heterocycles. The van der Waals surface area contributed by atoms with Crippen LogP contribution in [0.15, 0.2) is 12.3 Å². The minimum atomic E-state index is 0.0560. The van der Waals surface area contributed by atoms with E-state index in [1.807, 2.05) is 13.0 Å². The molecule has 1 aromatic heterocycles. The molecule has 1 rings (SSSR count). The van der Waals surface area contributed by atoms with Gasteiger partial charge in [0.2, 0.25) is 0 Å². The van der Waals surface area contributed by atoms with Crippen LogP contribution in [0.3, 0.4) is 0 Å². The third kappa shape index (κ3) is 1.94. The first-order chi connectivity index (χ1) is 5.27. The maximum atomic E-state index is 8.87. The summed E-state index contributed by atoms with van der Waals surface area (Å²) in [7, 11) is 0. The van der Waals surface area contributed by atoms with Crippen molar-refractivity contribution in [3.63, 3.8) is 0 Å². The quantitative estimate of drug-likeness (QED) is 0.654. The highest BCUT2D eigenvalue weighted by atomic mass is 32.1. The molecule has 0 atom stereocenters.